The van der Waals surface area contributed by atoms with Crippen molar-refractivity contribution in [3.63, 3.8) is 0 Å². The number of carboxylic acids is 1. The van der Waals surface area contributed by atoms with Crippen LogP contribution in [0.1, 0.15) is 69.8 Å². The fourth-order valence-corrected chi connectivity index (χ4v) is 17.9. The molecule has 4 nitrogen and oxygen atoms in total. The number of hydrogen-bond acceptors (Lipinski definition) is 3. The summed E-state index contributed by atoms with van der Waals surface area (Å²) in [6, 6.07) is 1.74. The summed E-state index contributed by atoms with van der Waals surface area (Å²) in [5, 5.41) is 12.9. The summed E-state index contributed by atoms with van der Waals surface area (Å²) in [6.45, 7) is 6.66. The molecule has 1 rings (SSSR count). The third-order valence-corrected chi connectivity index (χ3v) is 19.2. The van der Waals surface area contributed by atoms with Crippen LogP contribution in [0, 0.1) is 0 Å². The van der Waals surface area contributed by atoms with Gasteiger partial charge in [-0.25, -0.2) is 0 Å². The van der Waals surface area contributed by atoms with E-state index in [4.69, 9.17) is 9.63 Å². The van der Waals surface area contributed by atoms with Gasteiger partial charge in [0.1, 0.15) is 0 Å². The van der Waals surface area contributed by atoms with Gasteiger partial charge in [-0.2, -0.15) is 0 Å². The summed E-state index contributed by atoms with van der Waals surface area (Å²) in [7, 11) is 0. The van der Waals surface area contributed by atoms with E-state index in [1.807, 2.05) is 0 Å². The van der Waals surface area contributed by atoms with Gasteiger partial charge in [-0.05, 0) is 0 Å². The summed E-state index contributed by atoms with van der Waals surface area (Å²) in [5.74, 6) is -0.980. The predicted molar refractivity (Wildman–Crippen MR) is 88.0 cm³/mol. The zero-order chi connectivity index (χ0) is 15.7. The number of aromatic nitrogens is 1. The van der Waals surface area contributed by atoms with Crippen molar-refractivity contribution in [3.8, 4) is 0 Å². The van der Waals surface area contributed by atoms with Crippen LogP contribution in [0.15, 0.2) is 10.6 Å². The van der Waals surface area contributed by atoms with Crippen LogP contribution in [0.2, 0.25) is 13.3 Å². The average molecular weight is 402 g/mol. The van der Waals surface area contributed by atoms with E-state index in [0.29, 0.717) is 0 Å². The van der Waals surface area contributed by atoms with Crippen LogP contribution in [0.25, 0.3) is 0 Å². The second kappa shape index (κ2) is 9.49. The third-order valence-electron chi connectivity index (χ3n) is 4.28. The van der Waals surface area contributed by atoms with Crippen molar-refractivity contribution in [1.29, 1.82) is 0 Å². The number of aromatic carboxylic acids is 1. The fraction of sp³-hybridized carbons (Fsp3) is 0.750. The summed E-state index contributed by atoms with van der Waals surface area (Å²) in [6.07, 6.45) is 7.26. The Hall–Kier alpha value is -0.521. The van der Waals surface area contributed by atoms with Gasteiger partial charge < -0.3 is 0 Å². The van der Waals surface area contributed by atoms with Crippen molar-refractivity contribution in [1.82, 2.24) is 5.16 Å². The second-order valence-corrected chi connectivity index (χ2v) is 19.0. The van der Waals surface area contributed by atoms with Gasteiger partial charge >= 0.3 is 132 Å². The standard InChI is InChI=1S/C4H2NO3.3C4H9.Sn/c6-4(7)3-1-2-8-5-3;3*1-3-4-2;/h1H,(H,6,7);3*1,3-4H2,2H3;. The molecule has 0 aliphatic carbocycles. The molecule has 0 saturated heterocycles. The number of carbonyl (C=O) groups is 1. The number of carboxylic acid groups (broad SMARTS) is 1. The molecule has 0 aliphatic heterocycles. The van der Waals surface area contributed by atoms with Crippen molar-refractivity contribution in [2.75, 3.05) is 0 Å². The topological polar surface area (TPSA) is 63.3 Å². The maximum atomic E-state index is 11.1. The molecular weight excluding hydrogens is 373 g/mol. The Labute approximate surface area is 132 Å². The summed E-state index contributed by atoms with van der Waals surface area (Å²) >= 11 is -2.63. The molecule has 0 fully saturated rings. The number of unbranched alkanes of at least 4 members (excludes halogenated alkanes) is 3. The van der Waals surface area contributed by atoms with Crippen LogP contribution in [-0.4, -0.2) is 34.6 Å². The molecule has 0 radical (unpaired) electrons. The van der Waals surface area contributed by atoms with Gasteiger partial charge in [0.05, 0.1) is 0 Å². The average Bonchev–Trinajstić information content (AvgIpc) is 2.97. The van der Waals surface area contributed by atoms with Crippen LogP contribution < -0.4 is 3.78 Å². The van der Waals surface area contributed by atoms with E-state index in [1.165, 1.54) is 51.8 Å². The van der Waals surface area contributed by atoms with Crippen molar-refractivity contribution in [2.24, 2.45) is 0 Å². The molecule has 0 amide bonds. The first-order valence-corrected chi connectivity index (χ1v) is 15.8. The second-order valence-electron chi connectivity index (χ2n) is 5.97. The van der Waals surface area contributed by atoms with E-state index in [9.17, 15) is 4.79 Å². The Morgan fingerprint density at radius 2 is 1.57 bits per heavy atom. The zero-order valence-corrected chi connectivity index (χ0v) is 16.5. The van der Waals surface area contributed by atoms with Gasteiger partial charge in [0.15, 0.2) is 0 Å². The van der Waals surface area contributed by atoms with Crippen LogP contribution >= 0.6 is 0 Å². The van der Waals surface area contributed by atoms with Crippen molar-refractivity contribution in [3.05, 3.63) is 11.8 Å². The summed E-state index contributed by atoms with van der Waals surface area (Å²) < 4.78 is 10.3. The molecule has 21 heavy (non-hydrogen) atoms. The molecule has 0 aromatic carbocycles. The molecule has 0 spiro atoms. The van der Waals surface area contributed by atoms with Crippen LogP contribution in [0.4, 0.5) is 0 Å². The van der Waals surface area contributed by atoms with Crippen LogP contribution in [-0.2, 0) is 0 Å². The fourth-order valence-electron chi connectivity index (χ4n) is 2.92. The van der Waals surface area contributed by atoms with Crippen molar-refractivity contribution >= 4 is 28.1 Å². The van der Waals surface area contributed by atoms with Crippen LogP contribution in [0.5, 0.6) is 0 Å². The Morgan fingerprint density at radius 1 is 1.10 bits per heavy atom. The molecule has 0 atom stereocenters. The zero-order valence-electron chi connectivity index (χ0n) is 13.7. The predicted octanol–water partition coefficient (Wildman–Crippen LogP) is 4.43. The van der Waals surface area contributed by atoms with Gasteiger partial charge in [0.2, 0.25) is 0 Å². The molecule has 0 bridgehead atoms. The first-order valence-electron chi connectivity index (χ1n) is 8.30. The molecule has 0 unspecified atom stereocenters. The molecule has 1 aromatic heterocycles. The molecule has 120 valence electrons. The molecule has 1 heterocycles. The monoisotopic (exact) mass is 403 g/mol. The molecular formula is C16H29NO3Sn. The van der Waals surface area contributed by atoms with Gasteiger partial charge in [0.25, 0.3) is 0 Å². The quantitative estimate of drug-likeness (QED) is 0.557. The van der Waals surface area contributed by atoms with Gasteiger partial charge in [-0.3, -0.25) is 0 Å². The first kappa shape index (κ1) is 18.5. The molecule has 0 aliphatic rings. The number of hydrogen-bond donors (Lipinski definition) is 1. The first-order chi connectivity index (χ1) is 10.1. The van der Waals surface area contributed by atoms with E-state index >= 15 is 0 Å². The van der Waals surface area contributed by atoms with Crippen molar-refractivity contribution in [2.45, 2.75) is 72.6 Å². The van der Waals surface area contributed by atoms with E-state index < -0.39 is 24.3 Å². The van der Waals surface area contributed by atoms with Crippen molar-refractivity contribution < 1.29 is 14.4 Å². The molecule has 1 aromatic rings. The summed E-state index contributed by atoms with van der Waals surface area (Å²) in [5.41, 5.74) is 0.0792. The third kappa shape index (κ3) is 5.31. The summed E-state index contributed by atoms with van der Waals surface area (Å²) in [4.78, 5) is 11.1. The minimum absolute atomic E-state index is 0.0792. The van der Waals surface area contributed by atoms with E-state index in [-0.39, 0.29) is 5.69 Å². The normalized spacial score (nSPS) is 11.8. The Bertz CT molecular complexity index is 409. The Balaban J connectivity index is 3.06. The van der Waals surface area contributed by atoms with E-state index in [1.54, 1.807) is 6.07 Å². The van der Waals surface area contributed by atoms with Crippen LogP contribution in [0.3, 0.4) is 0 Å². The molecule has 5 heteroatoms. The van der Waals surface area contributed by atoms with Gasteiger partial charge in [-0.15, -0.1) is 0 Å². The molecule has 0 saturated carbocycles. The van der Waals surface area contributed by atoms with E-state index in [0.717, 1.165) is 3.78 Å². The SMILES string of the molecule is CCC[CH2][Sn]([CH2]CCC)([CH2]CCC)[c]1cc(C(=O)O)no1. The molecule has 1 N–H and O–H groups in total. The minimum atomic E-state index is -2.63. The van der Waals surface area contributed by atoms with E-state index in [2.05, 4.69) is 25.9 Å². The Kier molecular flexibility index (Phi) is 8.37. The van der Waals surface area contributed by atoms with Gasteiger partial charge in [0, 0.05) is 0 Å². The Morgan fingerprint density at radius 3 is 1.90 bits per heavy atom. The maximum absolute atomic E-state index is 11.1. The number of nitrogens with zero attached hydrogens (tertiary/aromatic N) is 1. The number of rotatable bonds is 11. The van der Waals surface area contributed by atoms with Gasteiger partial charge in [-0.1, -0.05) is 0 Å².